The molecule has 0 spiro atoms. The van der Waals surface area contributed by atoms with Crippen LogP contribution >= 0.6 is 10.7 Å². The highest BCUT2D eigenvalue weighted by Gasteiger charge is 2.14. The summed E-state index contributed by atoms with van der Waals surface area (Å²) in [4.78, 5) is 10.0. The van der Waals surface area contributed by atoms with Gasteiger partial charge in [-0.2, -0.15) is 0 Å². The van der Waals surface area contributed by atoms with Crippen molar-refractivity contribution in [3.8, 4) is 0 Å². The fourth-order valence-electron chi connectivity index (χ4n) is 0.520. The maximum atomic E-state index is 10.5. The molecule has 0 bridgehead atoms. The zero-order valence-electron chi connectivity index (χ0n) is 5.15. The van der Waals surface area contributed by atoms with Crippen molar-refractivity contribution in [1.82, 2.24) is 0 Å². The average Bonchev–Trinajstić information content (AvgIpc) is 2.32. The van der Waals surface area contributed by atoms with Crippen molar-refractivity contribution in [2.24, 2.45) is 0 Å². The Balaban J connectivity index is 3.18. The molecule has 0 amide bonds. The summed E-state index contributed by atoms with van der Waals surface area (Å²) in [5.41, 5.74) is 0.143. The summed E-state index contributed by atoms with van der Waals surface area (Å²) in [6.07, 6.45) is 1.48. The second kappa shape index (κ2) is 2.67. The molecule has 60 valence electrons. The molecule has 1 aromatic heterocycles. The summed E-state index contributed by atoms with van der Waals surface area (Å²) >= 11 is 0. The molecule has 0 saturated carbocycles. The molecule has 0 radical (unpaired) electrons. The Bertz CT molecular complexity index is 364. The van der Waals surface area contributed by atoms with Crippen LogP contribution in [0.25, 0.3) is 0 Å². The van der Waals surface area contributed by atoms with Gasteiger partial charge in [-0.15, -0.1) is 0 Å². The van der Waals surface area contributed by atoms with Crippen molar-refractivity contribution < 1.29 is 17.6 Å². The van der Waals surface area contributed by atoms with Gasteiger partial charge in [0.25, 0.3) is 9.05 Å². The monoisotopic (exact) mass is 194 g/mol. The van der Waals surface area contributed by atoms with Gasteiger partial charge in [0.15, 0.2) is 6.29 Å². The molecule has 0 fully saturated rings. The Morgan fingerprint density at radius 1 is 1.55 bits per heavy atom. The second-order valence-electron chi connectivity index (χ2n) is 1.75. The zero-order chi connectivity index (χ0) is 8.48. The number of carbonyl (C=O) groups excluding carboxylic acids is 1. The maximum absolute atomic E-state index is 10.5. The molecule has 6 heteroatoms. The topological polar surface area (TPSA) is 64.3 Å². The van der Waals surface area contributed by atoms with Gasteiger partial charge in [0.1, 0.15) is 6.26 Å². The van der Waals surface area contributed by atoms with E-state index in [1.807, 2.05) is 0 Å². The van der Waals surface area contributed by atoms with Gasteiger partial charge in [0, 0.05) is 16.7 Å². The van der Waals surface area contributed by atoms with Gasteiger partial charge >= 0.3 is 0 Å². The third kappa shape index (κ3) is 1.81. The van der Waals surface area contributed by atoms with Gasteiger partial charge in [-0.05, 0) is 0 Å². The van der Waals surface area contributed by atoms with E-state index in [0.717, 1.165) is 12.3 Å². The molecule has 4 nitrogen and oxygen atoms in total. The minimum absolute atomic E-state index is 0.143. The van der Waals surface area contributed by atoms with Gasteiger partial charge in [-0.3, -0.25) is 4.79 Å². The minimum Gasteiger partial charge on any atom is -0.451 e. The first-order chi connectivity index (χ1) is 5.04. The number of furan rings is 1. The van der Waals surface area contributed by atoms with Crippen LogP contribution in [0.2, 0.25) is 0 Å². The molecule has 0 aliphatic heterocycles. The van der Waals surface area contributed by atoms with E-state index in [9.17, 15) is 13.2 Å². The van der Waals surface area contributed by atoms with Crippen LogP contribution in [0.3, 0.4) is 0 Å². The summed E-state index contributed by atoms with van der Waals surface area (Å²) in [7, 11) is 1.05. The molecule has 1 aromatic rings. The van der Waals surface area contributed by atoms with Crippen molar-refractivity contribution in [1.29, 1.82) is 0 Å². The lowest BCUT2D eigenvalue weighted by atomic mass is 10.4. The highest BCUT2D eigenvalue weighted by molar-refractivity contribution is 8.13. The van der Waals surface area contributed by atoms with Gasteiger partial charge in [0.05, 0.1) is 5.56 Å². The largest absolute Gasteiger partial charge is 0.451 e. The number of rotatable bonds is 2. The lowest BCUT2D eigenvalue weighted by molar-refractivity contribution is 0.112. The van der Waals surface area contributed by atoms with Crippen LogP contribution in [0.4, 0.5) is 0 Å². The summed E-state index contributed by atoms with van der Waals surface area (Å²) in [5.74, 6) is 0. The zero-order valence-corrected chi connectivity index (χ0v) is 6.72. The third-order valence-electron chi connectivity index (χ3n) is 0.972. The SMILES string of the molecule is O=Cc1coc(S(=O)(=O)Cl)c1. The summed E-state index contributed by atoms with van der Waals surface area (Å²) in [6, 6.07) is 1.05. The van der Waals surface area contributed by atoms with E-state index >= 15 is 0 Å². The van der Waals surface area contributed by atoms with Crippen molar-refractivity contribution >= 4 is 26.0 Å². The van der Waals surface area contributed by atoms with Crippen LogP contribution in [-0.4, -0.2) is 14.7 Å². The Morgan fingerprint density at radius 2 is 2.18 bits per heavy atom. The number of halogens is 1. The fraction of sp³-hybridized carbons (Fsp3) is 0. The molecule has 0 unspecified atom stereocenters. The van der Waals surface area contributed by atoms with Crippen LogP contribution in [0.15, 0.2) is 21.8 Å². The number of aldehydes is 1. The minimum atomic E-state index is -3.85. The molecule has 0 aromatic carbocycles. The Kier molecular flexibility index (Phi) is 2.01. The smallest absolute Gasteiger partial charge is 0.294 e. The second-order valence-corrected chi connectivity index (χ2v) is 4.25. The molecular formula is C5H3ClO4S. The van der Waals surface area contributed by atoms with Crippen molar-refractivity contribution in [3.05, 3.63) is 17.9 Å². The lowest BCUT2D eigenvalue weighted by Crippen LogP contribution is -1.85. The van der Waals surface area contributed by atoms with E-state index in [1.54, 1.807) is 0 Å². The van der Waals surface area contributed by atoms with Crippen LogP contribution < -0.4 is 0 Å². The van der Waals surface area contributed by atoms with Gasteiger partial charge < -0.3 is 4.42 Å². The maximum Gasteiger partial charge on any atom is 0.294 e. The van der Waals surface area contributed by atoms with Gasteiger partial charge in [0.2, 0.25) is 5.09 Å². The summed E-state index contributed by atoms with van der Waals surface area (Å²) in [5, 5.41) is -0.415. The highest BCUT2D eigenvalue weighted by atomic mass is 35.7. The van der Waals surface area contributed by atoms with Gasteiger partial charge in [-0.1, -0.05) is 0 Å². The molecular weight excluding hydrogens is 192 g/mol. The first-order valence-corrected chi connectivity index (χ1v) is 4.83. The number of hydrogen-bond donors (Lipinski definition) is 0. The van der Waals surface area contributed by atoms with E-state index in [4.69, 9.17) is 10.7 Å². The van der Waals surface area contributed by atoms with Gasteiger partial charge in [-0.25, -0.2) is 8.42 Å². The quantitative estimate of drug-likeness (QED) is 0.521. The van der Waals surface area contributed by atoms with Crippen molar-refractivity contribution in [3.63, 3.8) is 0 Å². The van der Waals surface area contributed by atoms with Crippen LogP contribution in [0.5, 0.6) is 0 Å². The first kappa shape index (κ1) is 8.29. The predicted octanol–water partition coefficient (Wildman–Crippen LogP) is 1.02. The molecule has 0 saturated heterocycles. The van der Waals surface area contributed by atoms with Crippen molar-refractivity contribution in [2.75, 3.05) is 0 Å². The van der Waals surface area contributed by atoms with E-state index in [-0.39, 0.29) is 5.56 Å². The van der Waals surface area contributed by atoms with E-state index in [1.165, 1.54) is 0 Å². The molecule has 0 aliphatic carbocycles. The Labute approximate surface area is 67.2 Å². The molecule has 11 heavy (non-hydrogen) atoms. The fourth-order valence-corrected chi connectivity index (χ4v) is 1.20. The predicted molar refractivity (Wildman–Crippen MR) is 37.1 cm³/mol. The Morgan fingerprint density at radius 3 is 2.45 bits per heavy atom. The third-order valence-corrected chi connectivity index (χ3v) is 2.12. The normalized spacial score (nSPS) is 11.4. The van der Waals surface area contributed by atoms with Crippen LogP contribution in [-0.2, 0) is 9.05 Å². The molecule has 1 rings (SSSR count). The summed E-state index contributed by atoms with van der Waals surface area (Å²) in [6.45, 7) is 0. The molecule has 1 heterocycles. The first-order valence-electron chi connectivity index (χ1n) is 2.52. The molecule has 0 atom stereocenters. The van der Waals surface area contributed by atoms with Crippen molar-refractivity contribution in [2.45, 2.75) is 5.09 Å². The lowest BCUT2D eigenvalue weighted by Gasteiger charge is -1.83. The number of carbonyl (C=O) groups is 1. The molecule has 0 N–H and O–H groups in total. The van der Waals surface area contributed by atoms with E-state index in [2.05, 4.69) is 4.42 Å². The molecule has 0 aliphatic rings. The van der Waals surface area contributed by atoms with E-state index < -0.39 is 14.1 Å². The van der Waals surface area contributed by atoms with Crippen LogP contribution in [0.1, 0.15) is 10.4 Å². The average molecular weight is 195 g/mol. The Hall–Kier alpha value is -0.810. The van der Waals surface area contributed by atoms with Crippen LogP contribution in [0, 0.1) is 0 Å². The number of hydrogen-bond acceptors (Lipinski definition) is 4. The highest BCUT2D eigenvalue weighted by Crippen LogP contribution is 2.16. The van der Waals surface area contributed by atoms with E-state index in [0.29, 0.717) is 6.29 Å². The standard InChI is InChI=1S/C5H3ClO4S/c6-11(8,9)5-1-4(2-7)3-10-5/h1-3H. The summed E-state index contributed by atoms with van der Waals surface area (Å²) < 4.78 is 25.5.